The van der Waals surface area contributed by atoms with E-state index in [4.69, 9.17) is 9.72 Å². The lowest BCUT2D eigenvalue weighted by molar-refractivity contribution is 0.340. The number of aromatic nitrogens is 2. The van der Waals surface area contributed by atoms with Crippen molar-refractivity contribution in [3.63, 3.8) is 0 Å². The summed E-state index contributed by atoms with van der Waals surface area (Å²) in [4.78, 5) is 4.85. The highest BCUT2D eigenvalue weighted by Crippen LogP contribution is 2.30. The van der Waals surface area contributed by atoms with Crippen molar-refractivity contribution in [1.29, 1.82) is 0 Å². The maximum absolute atomic E-state index is 5.55. The Morgan fingerprint density at radius 3 is 2.25 bits per heavy atom. The van der Waals surface area contributed by atoms with E-state index in [9.17, 15) is 0 Å². The standard InChI is InChI=1S/C25H26N2O/c1-4-18-8-7-9-19(5-2)25(18)23-16-20-14-15-27(24(20)17-26-23)21-10-12-22(13-11-21)28-6-3/h7-17H,4-6H2,1-3H3. The van der Waals surface area contributed by atoms with Gasteiger partial charge in [-0.25, -0.2) is 0 Å². The highest BCUT2D eigenvalue weighted by Gasteiger charge is 2.12. The summed E-state index contributed by atoms with van der Waals surface area (Å²) < 4.78 is 7.73. The molecule has 0 spiro atoms. The van der Waals surface area contributed by atoms with Gasteiger partial charge in [0.2, 0.25) is 0 Å². The van der Waals surface area contributed by atoms with Crippen molar-refractivity contribution in [3.8, 4) is 22.7 Å². The van der Waals surface area contributed by atoms with Crippen LogP contribution in [0.1, 0.15) is 31.9 Å². The number of rotatable bonds is 6. The molecule has 0 fully saturated rings. The van der Waals surface area contributed by atoms with Gasteiger partial charge in [-0.05, 0) is 67.3 Å². The van der Waals surface area contributed by atoms with Crippen LogP contribution in [0.2, 0.25) is 0 Å². The van der Waals surface area contributed by atoms with Crippen molar-refractivity contribution in [2.75, 3.05) is 6.61 Å². The van der Waals surface area contributed by atoms with Crippen LogP contribution in [0, 0.1) is 0 Å². The molecule has 142 valence electrons. The summed E-state index contributed by atoms with van der Waals surface area (Å²) >= 11 is 0. The normalized spacial score (nSPS) is 11.1. The summed E-state index contributed by atoms with van der Waals surface area (Å²) in [7, 11) is 0. The number of benzene rings is 2. The van der Waals surface area contributed by atoms with E-state index in [0.717, 1.165) is 35.5 Å². The summed E-state index contributed by atoms with van der Waals surface area (Å²) in [6, 6.07) is 19.2. The van der Waals surface area contributed by atoms with Crippen molar-refractivity contribution in [2.45, 2.75) is 33.6 Å². The van der Waals surface area contributed by atoms with E-state index in [1.165, 1.54) is 22.1 Å². The quantitative estimate of drug-likeness (QED) is 0.403. The SMILES string of the molecule is CCOc1ccc(-n2ccc3cc(-c4c(CC)cccc4CC)ncc32)cc1. The molecule has 0 saturated carbocycles. The molecule has 0 N–H and O–H groups in total. The van der Waals surface area contributed by atoms with Crippen LogP contribution in [0.25, 0.3) is 27.8 Å². The summed E-state index contributed by atoms with van der Waals surface area (Å²) in [6.45, 7) is 7.09. The van der Waals surface area contributed by atoms with Gasteiger partial charge in [-0.2, -0.15) is 0 Å². The van der Waals surface area contributed by atoms with Gasteiger partial charge in [-0.1, -0.05) is 32.0 Å². The predicted molar refractivity (Wildman–Crippen MR) is 116 cm³/mol. The molecular weight excluding hydrogens is 344 g/mol. The molecular formula is C25H26N2O. The van der Waals surface area contributed by atoms with Gasteiger partial charge in [0.15, 0.2) is 0 Å². The van der Waals surface area contributed by atoms with Crippen LogP contribution in [-0.4, -0.2) is 16.2 Å². The number of pyridine rings is 1. The van der Waals surface area contributed by atoms with E-state index in [-0.39, 0.29) is 0 Å². The Kier molecular flexibility index (Phi) is 5.16. The lowest BCUT2D eigenvalue weighted by atomic mass is 9.94. The number of ether oxygens (including phenoxy) is 1. The van der Waals surface area contributed by atoms with Crippen molar-refractivity contribution in [2.24, 2.45) is 0 Å². The Morgan fingerprint density at radius 2 is 1.61 bits per heavy atom. The van der Waals surface area contributed by atoms with Gasteiger partial charge >= 0.3 is 0 Å². The van der Waals surface area contributed by atoms with E-state index in [1.54, 1.807) is 0 Å². The molecule has 2 heterocycles. The molecule has 0 aliphatic heterocycles. The van der Waals surface area contributed by atoms with Crippen LogP contribution in [-0.2, 0) is 12.8 Å². The Morgan fingerprint density at radius 1 is 0.893 bits per heavy atom. The van der Waals surface area contributed by atoms with E-state index < -0.39 is 0 Å². The zero-order valence-corrected chi connectivity index (χ0v) is 16.8. The maximum atomic E-state index is 5.55. The van der Waals surface area contributed by atoms with Crippen LogP contribution in [0.4, 0.5) is 0 Å². The average Bonchev–Trinajstić information content (AvgIpc) is 3.17. The van der Waals surface area contributed by atoms with Gasteiger partial charge in [0.1, 0.15) is 5.75 Å². The third-order valence-corrected chi connectivity index (χ3v) is 5.26. The van der Waals surface area contributed by atoms with Gasteiger partial charge in [0.05, 0.1) is 24.0 Å². The third-order valence-electron chi connectivity index (χ3n) is 5.26. The van der Waals surface area contributed by atoms with Crippen LogP contribution in [0.5, 0.6) is 5.75 Å². The van der Waals surface area contributed by atoms with Gasteiger partial charge < -0.3 is 9.30 Å². The number of aryl methyl sites for hydroxylation is 2. The summed E-state index contributed by atoms with van der Waals surface area (Å²) in [5.74, 6) is 0.895. The van der Waals surface area contributed by atoms with Crippen LogP contribution in [0.15, 0.2) is 67.0 Å². The minimum atomic E-state index is 0.678. The number of fused-ring (bicyclic) bond motifs is 1. The number of hydrogen-bond donors (Lipinski definition) is 0. The van der Waals surface area contributed by atoms with Crippen LogP contribution in [0.3, 0.4) is 0 Å². The molecule has 0 aliphatic carbocycles. The van der Waals surface area contributed by atoms with E-state index >= 15 is 0 Å². The summed E-state index contributed by atoms with van der Waals surface area (Å²) in [6.07, 6.45) is 6.12. The molecule has 3 nitrogen and oxygen atoms in total. The van der Waals surface area contributed by atoms with Gasteiger partial charge in [0.25, 0.3) is 0 Å². The second kappa shape index (κ2) is 7.89. The van der Waals surface area contributed by atoms with Crippen molar-refractivity contribution in [1.82, 2.24) is 9.55 Å². The van der Waals surface area contributed by atoms with E-state index in [0.29, 0.717) is 6.61 Å². The number of hydrogen-bond acceptors (Lipinski definition) is 2. The van der Waals surface area contributed by atoms with E-state index in [1.807, 2.05) is 25.3 Å². The van der Waals surface area contributed by atoms with Crippen molar-refractivity contribution in [3.05, 3.63) is 78.1 Å². The molecule has 2 aromatic heterocycles. The molecule has 0 bridgehead atoms. The van der Waals surface area contributed by atoms with Crippen LogP contribution >= 0.6 is 0 Å². The van der Waals surface area contributed by atoms with Crippen molar-refractivity contribution >= 4 is 10.9 Å². The molecule has 0 amide bonds. The highest BCUT2D eigenvalue weighted by molar-refractivity contribution is 5.86. The first-order valence-corrected chi connectivity index (χ1v) is 10.1. The minimum absolute atomic E-state index is 0.678. The highest BCUT2D eigenvalue weighted by atomic mass is 16.5. The lowest BCUT2D eigenvalue weighted by Crippen LogP contribution is -1.97. The third kappa shape index (κ3) is 3.29. The fourth-order valence-electron chi connectivity index (χ4n) is 3.84. The minimum Gasteiger partial charge on any atom is -0.494 e. The molecule has 4 aromatic rings. The first-order valence-electron chi connectivity index (χ1n) is 10.1. The molecule has 0 aliphatic rings. The average molecular weight is 370 g/mol. The fourth-order valence-corrected chi connectivity index (χ4v) is 3.84. The van der Waals surface area contributed by atoms with Crippen molar-refractivity contribution < 1.29 is 4.74 Å². The first kappa shape index (κ1) is 18.3. The Bertz CT molecular complexity index is 1070. The summed E-state index contributed by atoms with van der Waals surface area (Å²) in [5.41, 5.74) is 7.29. The van der Waals surface area contributed by atoms with Gasteiger partial charge in [-0.3, -0.25) is 4.98 Å². The molecule has 0 atom stereocenters. The second-order valence-electron chi connectivity index (χ2n) is 6.90. The molecule has 4 rings (SSSR count). The first-order chi connectivity index (χ1) is 13.7. The van der Waals surface area contributed by atoms with Crippen LogP contribution < -0.4 is 4.74 Å². The Hall–Kier alpha value is -3.07. The zero-order valence-electron chi connectivity index (χ0n) is 16.8. The van der Waals surface area contributed by atoms with Gasteiger partial charge in [0, 0.05) is 22.8 Å². The lowest BCUT2D eigenvalue weighted by Gasteiger charge is -2.13. The second-order valence-corrected chi connectivity index (χ2v) is 6.90. The Labute approximate surface area is 166 Å². The maximum Gasteiger partial charge on any atom is 0.119 e. The summed E-state index contributed by atoms with van der Waals surface area (Å²) in [5, 5.41) is 1.20. The fraction of sp³-hybridized carbons (Fsp3) is 0.240. The monoisotopic (exact) mass is 370 g/mol. The zero-order chi connectivity index (χ0) is 19.5. The Balaban J connectivity index is 1.77. The molecule has 2 aromatic carbocycles. The predicted octanol–water partition coefficient (Wildman–Crippen LogP) is 6.22. The molecule has 0 saturated heterocycles. The largest absolute Gasteiger partial charge is 0.494 e. The smallest absolute Gasteiger partial charge is 0.119 e. The molecule has 28 heavy (non-hydrogen) atoms. The molecule has 3 heteroatoms. The van der Waals surface area contributed by atoms with Gasteiger partial charge in [-0.15, -0.1) is 0 Å². The van der Waals surface area contributed by atoms with E-state index in [2.05, 4.69) is 67.1 Å². The topological polar surface area (TPSA) is 27.1 Å². The molecule has 0 radical (unpaired) electrons. The number of nitrogens with zero attached hydrogens (tertiary/aromatic N) is 2. The molecule has 0 unspecified atom stereocenters.